The second-order valence-corrected chi connectivity index (χ2v) is 5.84. The maximum absolute atomic E-state index is 3.45. The zero-order chi connectivity index (χ0) is 12.3. The molecule has 2 rings (SSSR count). The van der Waals surface area contributed by atoms with E-state index in [1.54, 1.807) is 0 Å². The van der Waals surface area contributed by atoms with Crippen molar-refractivity contribution in [2.75, 3.05) is 0 Å². The Kier molecular flexibility index (Phi) is 3.97. The molecule has 17 heavy (non-hydrogen) atoms. The van der Waals surface area contributed by atoms with Gasteiger partial charge >= 0.3 is 0 Å². The van der Waals surface area contributed by atoms with Crippen molar-refractivity contribution in [2.45, 2.75) is 33.4 Å². The molecule has 0 spiro atoms. The number of benzene rings is 1. The van der Waals surface area contributed by atoms with Crippen LogP contribution in [0.2, 0.25) is 0 Å². The molecule has 1 heterocycles. The van der Waals surface area contributed by atoms with Crippen molar-refractivity contribution in [1.29, 1.82) is 0 Å². The molecule has 2 aromatic rings. The van der Waals surface area contributed by atoms with Gasteiger partial charge in [-0.3, -0.25) is 0 Å². The van der Waals surface area contributed by atoms with E-state index < -0.39 is 0 Å². The second-order valence-electron chi connectivity index (χ2n) is 4.67. The van der Waals surface area contributed by atoms with E-state index in [0.717, 1.165) is 6.54 Å². The summed E-state index contributed by atoms with van der Waals surface area (Å²) in [6.07, 6.45) is 0. The zero-order valence-electron chi connectivity index (χ0n) is 10.7. The van der Waals surface area contributed by atoms with Gasteiger partial charge in [-0.1, -0.05) is 43.7 Å². The summed E-state index contributed by atoms with van der Waals surface area (Å²) < 4.78 is 0. The van der Waals surface area contributed by atoms with Crippen LogP contribution >= 0.6 is 11.3 Å². The first-order valence-corrected chi connectivity index (χ1v) is 6.86. The Bertz CT molecular complexity index is 485. The molecule has 0 aliphatic rings. The first-order valence-electron chi connectivity index (χ1n) is 6.04. The van der Waals surface area contributed by atoms with Gasteiger partial charge in [-0.2, -0.15) is 0 Å². The van der Waals surface area contributed by atoms with Gasteiger partial charge in [0.05, 0.1) is 0 Å². The van der Waals surface area contributed by atoms with E-state index in [0.29, 0.717) is 6.04 Å². The summed E-state index contributed by atoms with van der Waals surface area (Å²) in [6.45, 7) is 7.45. The molecule has 0 aliphatic carbocycles. The summed E-state index contributed by atoms with van der Waals surface area (Å²) in [5.41, 5.74) is 2.64. The lowest BCUT2D eigenvalue weighted by Gasteiger charge is -2.05. The lowest BCUT2D eigenvalue weighted by Crippen LogP contribution is -2.21. The maximum Gasteiger partial charge on any atom is 0.0346 e. The second kappa shape index (κ2) is 5.48. The SMILES string of the molecule is Cc1cccc(-c2ccc(CNC(C)C)s2)c1. The number of hydrogen-bond acceptors (Lipinski definition) is 2. The van der Waals surface area contributed by atoms with Gasteiger partial charge in [0.25, 0.3) is 0 Å². The molecule has 1 N–H and O–H groups in total. The van der Waals surface area contributed by atoms with Crippen LogP contribution in [-0.4, -0.2) is 6.04 Å². The molecule has 0 saturated carbocycles. The highest BCUT2D eigenvalue weighted by molar-refractivity contribution is 7.15. The summed E-state index contributed by atoms with van der Waals surface area (Å²) in [5.74, 6) is 0. The number of thiophene rings is 1. The average Bonchev–Trinajstić information content (AvgIpc) is 2.75. The molecule has 0 atom stereocenters. The maximum atomic E-state index is 3.45. The molecule has 0 saturated heterocycles. The van der Waals surface area contributed by atoms with Crippen molar-refractivity contribution in [3.63, 3.8) is 0 Å². The highest BCUT2D eigenvalue weighted by Crippen LogP contribution is 2.28. The predicted octanol–water partition coefficient (Wildman–Crippen LogP) is 4.22. The Morgan fingerprint density at radius 3 is 2.71 bits per heavy atom. The van der Waals surface area contributed by atoms with Gasteiger partial charge in [-0.05, 0) is 24.6 Å². The topological polar surface area (TPSA) is 12.0 Å². The van der Waals surface area contributed by atoms with Crippen LogP contribution in [0.3, 0.4) is 0 Å². The fourth-order valence-electron chi connectivity index (χ4n) is 1.73. The number of rotatable bonds is 4. The van der Waals surface area contributed by atoms with Crippen LogP contribution in [0.25, 0.3) is 10.4 Å². The normalized spacial score (nSPS) is 11.1. The summed E-state index contributed by atoms with van der Waals surface area (Å²) in [4.78, 5) is 2.75. The van der Waals surface area contributed by atoms with Crippen molar-refractivity contribution in [2.24, 2.45) is 0 Å². The Morgan fingerprint density at radius 2 is 2.00 bits per heavy atom. The molecular formula is C15H19NS. The monoisotopic (exact) mass is 245 g/mol. The number of hydrogen-bond donors (Lipinski definition) is 1. The van der Waals surface area contributed by atoms with E-state index in [4.69, 9.17) is 0 Å². The molecule has 0 radical (unpaired) electrons. The zero-order valence-corrected chi connectivity index (χ0v) is 11.5. The quantitative estimate of drug-likeness (QED) is 0.850. The van der Waals surface area contributed by atoms with E-state index >= 15 is 0 Å². The molecule has 1 aromatic carbocycles. The van der Waals surface area contributed by atoms with Gasteiger partial charge in [-0.25, -0.2) is 0 Å². The molecule has 90 valence electrons. The van der Waals surface area contributed by atoms with Gasteiger partial charge in [0.2, 0.25) is 0 Å². The standard InChI is InChI=1S/C15H19NS/c1-11(2)16-10-14-7-8-15(17-14)13-6-4-5-12(3)9-13/h4-9,11,16H,10H2,1-3H3. The van der Waals surface area contributed by atoms with E-state index in [1.807, 2.05) is 11.3 Å². The molecule has 1 aromatic heterocycles. The molecule has 0 fully saturated rings. The molecule has 0 aliphatic heterocycles. The van der Waals surface area contributed by atoms with Crippen molar-refractivity contribution in [3.05, 3.63) is 46.8 Å². The average molecular weight is 245 g/mol. The highest BCUT2D eigenvalue weighted by atomic mass is 32.1. The van der Waals surface area contributed by atoms with Crippen LogP contribution in [0.15, 0.2) is 36.4 Å². The van der Waals surface area contributed by atoms with Crippen molar-refractivity contribution < 1.29 is 0 Å². The van der Waals surface area contributed by atoms with Crippen molar-refractivity contribution >= 4 is 11.3 Å². The minimum absolute atomic E-state index is 0.541. The summed E-state index contributed by atoms with van der Waals surface area (Å²) in [6, 6.07) is 13.7. The van der Waals surface area contributed by atoms with E-state index in [1.165, 1.54) is 20.9 Å². The fourth-order valence-corrected chi connectivity index (χ4v) is 2.69. The van der Waals surface area contributed by atoms with Gasteiger partial charge in [0.1, 0.15) is 0 Å². The molecule has 0 amide bonds. The number of aryl methyl sites for hydroxylation is 1. The molecular weight excluding hydrogens is 226 g/mol. The first-order chi connectivity index (χ1) is 8.15. The Morgan fingerprint density at radius 1 is 1.18 bits per heavy atom. The van der Waals surface area contributed by atoms with E-state index in [9.17, 15) is 0 Å². The van der Waals surface area contributed by atoms with Gasteiger partial charge in [-0.15, -0.1) is 11.3 Å². The third-order valence-electron chi connectivity index (χ3n) is 2.65. The molecule has 0 bridgehead atoms. The molecule has 1 nitrogen and oxygen atoms in total. The molecule has 0 unspecified atom stereocenters. The summed E-state index contributed by atoms with van der Waals surface area (Å²) in [5, 5.41) is 3.45. The fraction of sp³-hybridized carbons (Fsp3) is 0.333. The Hall–Kier alpha value is -1.12. The molecule has 2 heteroatoms. The van der Waals surface area contributed by atoms with Crippen LogP contribution < -0.4 is 5.32 Å². The lowest BCUT2D eigenvalue weighted by molar-refractivity contribution is 0.593. The van der Waals surface area contributed by atoms with Crippen LogP contribution in [0.5, 0.6) is 0 Å². The predicted molar refractivity (Wildman–Crippen MR) is 76.5 cm³/mol. The smallest absolute Gasteiger partial charge is 0.0346 e. The van der Waals surface area contributed by atoms with Gasteiger partial charge in [0.15, 0.2) is 0 Å². The third-order valence-corrected chi connectivity index (χ3v) is 3.78. The Labute approximate surface area is 108 Å². The largest absolute Gasteiger partial charge is 0.310 e. The van der Waals surface area contributed by atoms with E-state index in [-0.39, 0.29) is 0 Å². The highest BCUT2D eigenvalue weighted by Gasteiger charge is 2.03. The Balaban J connectivity index is 2.12. The van der Waals surface area contributed by atoms with Crippen molar-refractivity contribution in [3.8, 4) is 10.4 Å². The van der Waals surface area contributed by atoms with Crippen molar-refractivity contribution in [1.82, 2.24) is 5.32 Å². The van der Waals surface area contributed by atoms with Crippen LogP contribution in [0.1, 0.15) is 24.3 Å². The summed E-state index contributed by atoms with van der Waals surface area (Å²) in [7, 11) is 0. The first kappa shape index (κ1) is 12.3. The van der Waals surface area contributed by atoms with Gasteiger partial charge < -0.3 is 5.32 Å². The van der Waals surface area contributed by atoms with Crippen LogP contribution in [-0.2, 0) is 6.54 Å². The third kappa shape index (κ3) is 3.42. The minimum atomic E-state index is 0.541. The van der Waals surface area contributed by atoms with E-state index in [2.05, 4.69) is 62.5 Å². The van der Waals surface area contributed by atoms with Gasteiger partial charge in [0, 0.05) is 22.3 Å². The minimum Gasteiger partial charge on any atom is -0.310 e. The number of nitrogens with one attached hydrogen (secondary N) is 1. The lowest BCUT2D eigenvalue weighted by atomic mass is 10.1. The van der Waals surface area contributed by atoms with Crippen LogP contribution in [0, 0.1) is 6.92 Å². The van der Waals surface area contributed by atoms with Crippen LogP contribution in [0.4, 0.5) is 0 Å². The summed E-state index contributed by atoms with van der Waals surface area (Å²) >= 11 is 1.87.